The maximum Gasteiger partial charge on any atom is 0.251 e. The lowest BCUT2D eigenvalue weighted by Crippen LogP contribution is -2.27. The topological polar surface area (TPSA) is 85.6 Å². The Morgan fingerprint density at radius 1 is 1.52 bits per heavy atom. The standard InChI is InChI=1S/C15H23N3O3/c1-20-8-6-17-15(19)11-4-5-14(13(16)9-11)18-10-12-3-2-7-21-12/h4-5,9,12,18H,2-3,6-8,10,16H2,1H3,(H,17,19)/t12-/m0/s1. The third kappa shape index (κ3) is 4.61. The molecule has 1 saturated heterocycles. The highest BCUT2D eigenvalue weighted by Gasteiger charge is 2.15. The molecule has 6 nitrogen and oxygen atoms in total. The van der Waals surface area contributed by atoms with Gasteiger partial charge < -0.3 is 25.8 Å². The second-order valence-electron chi connectivity index (χ2n) is 5.07. The Bertz CT molecular complexity index is 473. The number of benzene rings is 1. The van der Waals surface area contributed by atoms with Gasteiger partial charge in [0.15, 0.2) is 0 Å². The molecule has 116 valence electrons. The van der Waals surface area contributed by atoms with Crippen LogP contribution >= 0.6 is 0 Å². The first-order valence-corrected chi connectivity index (χ1v) is 7.23. The summed E-state index contributed by atoms with van der Waals surface area (Å²) in [5.41, 5.74) is 7.93. The summed E-state index contributed by atoms with van der Waals surface area (Å²) < 4.78 is 10.4. The average Bonchev–Trinajstić information content (AvgIpc) is 2.99. The SMILES string of the molecule is COCCNC(=O)c1ccc(NC[C@@H]2CCCO2)c(N)c1. The summed E-state index contributed by atoms with van der Waals surface area (Å²) in [7, 11) is 1.60. The summed E-state index contributed by atoms with van der Waals surface area (Å²) in [6.07, 6.45) is 2.44. The summed E-state index contributed by atoms with van der Waals surface area (Å²) in [4.78, 5) is 11.9. The van der Waals surface area contributed by atoms with Crippen LogP contribution in [0.25, 0.3) is 0 Å². The molecule has 0 saturated carbocycles. The van der Waals surface area contributed by atoms with Crippen LogP contribution in [0.15, 0.2) is 18.2 Å². The van der Waals surface area contributed by atoms with Gasteiger partial charge in [-0.2, -0.15) is 0 Å². The zero-order valence-electron chi connectivity index (χ0n) is 12.4. The highest BCUT2D eigenvalue weighted by Crippen LogP contribution is 2.21. The maximum absolute atomic E-state index is 11.9. The number of ether oxygens (including phenoxy) is 2. The lowest BCUT2D eigenvalue weighted by molar-refractivity contribution is 0.0937. The smallest absolute Gasteiger partial charge is 0.251 e. The summed E-state index contributed by atoms with van der Waals surface area (Å²) in [5, 5.41) is 6.04. The molecule has 2 rings (SSSR count). The van der Waals surface area contributed by atoms with E-state index in [0.717, 1.165) is 31.7 Å². The fraction of sp³-hybridized carbons (Fsp3) is 0.533. The Morgan fingerprint density at radius 3 is 3.05 bits per heavy atom. The summed E-state index contributed by atoms with van der Waals surface area (Å²) in [5.74, 6) is -0.149. The van der Waals surface area contributed by atoms with Crippen LogP contribution in [0.4, 0.5) is 11.4 Å². The quantitative estimate of drug-likeness (QED) is 0.520. The van der Waals surface area contributed by atoms with Crippen molar-refractivity contribution in [2.45, 2.75) is 18.9 Å². The number of rotatable bonds is 7. The Hall–Kier alpha value is -1.79. The van der Waals surface area contributed by atoms with E-state index >= 15 is 0 Å². The first-order valence-electron chi connectivity index (χ1n) is 7.23. The number of nitrogen functional groups attached to an aromatic ring is 1. The molecule has 0 radical (unpaired) electrons. The van der Waals surface area contributed by atoms with Gasteiger partial charge in [0.25, 0.3) is 5.91 Å². The van der Waals surface area contributed by atoms with Crippen LogP contribution in [0.2, 0.25) is 0 Å². The normalized spacial score (nSPS) is 17.7. The van der Waals surface area contributed by atoms with E-state index in [1.54, 1.807) is 19.2 Å². The van der Waals surface area contributed by atoms with E-state index in [1.165, 1.54) is 0 Å². The highest BCUT2D eigenvalue weighted by atomic mass is 16.5. The monoisotopic (exact) mass is 293 g/mol. The third-order valence-electron chi connectivity index (χ3n) is 3.45. The van der Waals surface area contributed by atoms with Gasteiger partial charge in [-0.3, -0.25) is 4.79 Å². The molecule has 21 heavy (non-hydrogen) atoms. The number of nitrogens with one attached hydrogen (secondary N) is 2. The van der Waals surface area contributed by atoms with Gasteiger partial charge in [-0.05, 0) is 31.0 Å². The molecule has 1 amide bonds. The van der Waals surface area contributed by atoms with E-state index < -0.39 is 0 Å². The summed E-state index contributed by atoms with van der Waals surface area (Å²) in [6, 6.07) is 5.27. The molecule has 6 heteroatoms. The average molecular weight is 293 g/mol. The number of hydrogen-bond donors (Lipinski definition) is 3. The second kappa shape index (κ2) is 7.85. The number of amides is 1. The van der Waals surface area contributed by atoms with E-state index in [1.807, 2.05) is 6.07 Å². The predicted octanol–water partition coefficient (Wildman–Crippen LogP) is 1.24. The number of methoxy groups -OCH3 is 1. The minimum absolute atomic E-state index is 0.149. The number of carbonyl (C=O) groups excluding carboxylic acids is 1. The van der Waals surface area contributed by atoms with Crippen molar-refractivity contribution in [2.24, 2.45) is 0 Å². The molecule has 0 unspecified atom stereocenters. The molecule has 1 aliphatic rings. The fourth-order valence-electron chi connectivity index (χ4n) is 2.26. The molecule has 0 spiro atoms. The maximum atomic E-state index is 11.9. The molecule has 0 aliphatic carbocycles. The molecular formula is C15H23N3O3. The van der Waals surface area contributed by atoms with E-state index in [4.69, 9.17) is 15.2 Å². The Morgan fingerprint density at radius 2 is 2.38 bits per heavy atom. The molecular weight excluding hydrogens is 270 g/mol. The van der Waals surface area contributed by atoms with Crippen molar-refractivity contribution in [3.8, 4) is 0 Å². The third-order valence-corrected chi connectivity index (χ3v) is 3.45. The lowest BCUT2D eigenvalue weighted by Gasteiger charge is -2.14. The van der Waals surface area contributed by atoms with Gasteiger partial charge in [0, 0.05) is 32.4 Å². The van der Waals surface area contributed by atoms with E-state index in [-0.39, 0.29) is 12.0 Å². The van der Waals surface area contributed by atoms with Gasteiger partial charge in [0.05, 0.1) is 24.1 Å². The van der Waals surface area contributed by atoms with Crippen molar-refractivity contribution in [3.05, 3.63) is 23.8 Å². The molecule has 1 aromatic rings. The second-order valence-corrected chi connectivity index (χ2v) is 5.07. The van der Waals surface area contributed by atoms with Gasteiger partial charge in [-0.25, -0.2) is 0 Å². The Kier molecular flexibility index (Phi) is 5.83. The number of nitrogens with two attached hydrogens (primary N) is 1. The number of anilines is 2. The van der Waals surface area contributed by atoms with E-state index in [9.17, 15) is 4.79 Å². The van der Waals surface area contributed by atoms with Gasteiger partial charge in [-0.15, -0.1) is 0 Å². The van der Waals surface area contributed by atoms with Crippen LogP contribution in [-0.2, 0) is 9.47 Å². The molecule has 1 heterocycles. The highest BCUT2D eigenvalue weighted by molar-refractivity contribution is 5.96. The molecule has 0 bridgehead atoms. The van der Waals surface area contributed by atoms with Crippen LogP contribution in [0, 0.1) is 0 Å². The molecule has 1 atom stereocenters. The van der Waals surface area contributed by atoms with Crippen molar-refractivity contribution in [2.75, 3.05) is 44.5 Å². The minimum atomic E-state index is -0.149. The van der Waals surface area contributed by atoms with Gasteiger partial charge in [0.1, 0.15) is 0 Å². The molecule has 1 aromatic carbocycles. The van der Waals surface area contributed by atoms with Crippen LogP contribution in [0.5, 0.6) is 0 Å². The predicted molar refractivity (Wildman–Crippen MR) is 82.5 cm³/mol. The Labute approximate surface area is 125 Å². The van der Waals surface area contributed by atoms with Crippen LogP contribution in [-0.4, -0.2) is 45.4 Å². The van der Waals surface area contributed by atoms with Crippen molar-refractivity contribution >= 4 is 17.3 Å². The van der Waals surface area contributed by atoms with Crippen LogP contribution < -0.4 is 16.4 Å². The zero-order chi connectivity index (χ0) is 15.1. The molecule has 0 aromatic heterocycles. The van der Waals surface area contributed by atoms with Crippen molar-refractivity contribution < 1.29 is 14.3 Å². The zero-order valence-corrected chi connectivity index (χ0v) is 12.4. The molecule has 4 N–H and O–H groups in total. The van der Waals surface area contributed by atoms with E-state index in [0.29, 0.717) is 24.4 Å². The van der Waals surface area contributed by atoms with Crippen molar-refractivity contribution in [3.63, 3.8) is 0 Å². The Balaban J connectivity index is 1.88. The van der Waals surface area contributed by atoms with E-state index in [2.05, 4.69) is 10.6 Å². The van der Waals surface area contributed by atoms with Gasteiger partial charge >= 0.3 is 0 Å². The lowest BCUT2D eigenvalue weighted by atomic mass is 10.1. The van der Waals surface area contributed by atoms with Crippen LogP contribution in [0.1, 0.15) is 23.2 Å². The fourth-order valence-corrected chi connectivity index (χ4v) is 2.26. The first kappa shape index (κ1) is 15.6. The van der Waals surface area contributed by atoms with Gasteiger partial charge in [-0.1, -0.05) is 0 Å². The number of carbonyl (C=O) groups is 1. The number of hydrogen-bond acceptors (Lipinski definition) is 5. The first-order chi connectivity index (χ1) is 10.2. The molecule has 1 fully saturated rings. The van der Waals surface area contributed by atoms with Crippen molar-refractivity contribution in [1.29, 1.82) is 0 Å². The minimum Gasteiger partial charge on any atom is -0.397 e. The van der Waals surface area contributed by atoms with Crippen LogP contribution in [0.3, 0.4) is 0 Å². The van der Waals surface area contributed by atoms with Gasteiger partial charge in [0.2, 0.25) is 0 Å². The molecule has 1 aliphatic heterocycles. The summed E-state index contributed by atoms with van der Waals surface area (Å²) in [6.45, 7) is 2.54. The van der Waals surface area contributed by atoms with Crippen molar-refractivity contribution in [1.82, 2.24) is 5.32 Å². The summed E-state index contributed by atoms with van der Waals surface area (Å²) >= 11 is 0. The largest absolute Gasteiger partial charge is 0.397 e.